The Bertz CT molecular complexity index is 853. The molecular weight excluding hydrogens is 408 g/mol. The Morgan fingerprint density at radius 1 is 1.03 bits per heavy atom. The van der Waals surface area contributed by atoms with Crippen LogP contribution in [0.25, 0.3) is 0 Å². The Morgan fingerprint density at radius 3 is 2.66 bits per heavy atom. The predicted octanol–water partition coefficient (Wildman–Crippen LogP) is 3.78. The van der Waals surface area contributed by atoms with Gasteiger partial charge in [-0.3, -0.25) is 4.90 Å². The van der Waals surface area contributed by atoms with E-state index in [9.17, 15) is 0 Å². The van der Waals surface area contributed by atoms with Crippen LogP contribution in [0.1, 0.15) is 63.9 Å². The molecule has 8 atom stereocenters. The third-order valence-electron chi connectivity index (χ3n) is 9.20. The number of rotatable bonds is 3. The van der Waals surface area contributed by atoms with Crippen LogP contribution in [0.15, 0.2) is 12.1 Å². The zero-order valence-corrected chi connectivity index (χ0v) is 19.9. The average Bonchev–Trinajstić information content (AvgIpc) is 2.98. The molecule has 2 bridgehead atoms. The van der Waals surface area contributed by atoms with Crippen LogP contribution >= 0.6 is 0 Å². The highest BCUT2D eigenvalue weighted by Crippen LogP contribution is 2.62. The summed E-state index contributed by atoms with van der Waals surface area (Å²) in [6, 6.07) is 4.52. The third kappa shape index (κ3) is 3.16. The summed E-state index contributed by atoms with van der Waals surface area (Å²) in [6.07, 6.45) is 3.88. The molecule has 5 aliphatic heterocycles. The Kier molecular flexibility index (Phi) is 5.25. The van der Waals surface area contributed by atoms with E-state index < -0.39 is 11.4 Å². The zero-order chi connectivity index (χ0) is 22.1. The van der Waals surface area contributed by atoms with Crippen LogP contribution in [0.2, 0.25) is 0 Å². The monoisotopic (exact) mass is 446 g/mol. The van der Waals surface area contributed by atoms with Crippen LogP contribution in [-0.2, 0) is 37.6 Å². The van der Waals surface area contributed by atoms with E-state index >= 15 is 0 Å². The molecule has 0 unspecified atom stereocenters. The summed E-state index contributed by atoms with van der Waals surface area (Å²) in [4.78, 5) is 14.7. The molecule has 6 aliphatic rings. The minimum Gasteiger partial charge on any atom is -0.379 e. The quantitative estimate of drug-likeness (QED) is 0.659. The number of ether oxygens (including phenoxy) is 3. The highest BCUT2D eigenvalue weighted by Gasteiger charge is 2.69. The van der Waals surface area contributed by atoms with Gasteiger partial charge in [0.25, 0.3) is 0 Å². The van der Waals surface area contributed by atoms with E-state index in [0.29, 0.717) is 23.7 Å². The lowest BCUT2D eigenvalue weighted by Crippen LogP contribution is -2.69. The molecule has 1 aromatic heterocycles. The first-order chi connectivity index (χ1) is 15.4. The summed E-state index contributed by atoms with van der Waals surface area (Å²) in [5.41, 5.74) is 2.06. The van der Waals surface area contributed by atoms with Crippen molar-refractivity contribution < 1.29 is 24.0 Å². The number of hydrogen-bond acceptors (Lipinski definition) is 6. The topological polar surface area (TPSA) is 54.3 Å². The maximum atomic E-state index is 6.85. The van der Waals surface area contributed by atoms with Crippen molar-refractivity contribution in [3.63, 3.8) is 0 Å². The second-order valence-electron chi connectivity index (χ2n) is 11.0. The van der Waals surface area contributed by atoms with Gasteiger partial charge >= 0.3 is 0 Å². The van der Waals surface area contributed by atoms with Crippen LogP contribution in [0.5, 0.6) is 0 Å². The van der Waals surface area contributed by atoms with E-state index in [1.54, 1.807) is 0 Å². The van der Waals surface area contributed by atoms with Gasteiger partial charge in [0.2, 0.25) is 5.79 Å². The van der Waals surface area contributed by atoms with Crippen molar-refractivity contribution in [2.24, 2.45) is 30.7 Å². The predicted molar refractivity (Wildman–Crippen MR) is 117 cm³/mol. The van der Waals surface area contributed by atoms with E-state index in [4.69, 9.17) is 24.0 Å². The SMILES string of the molecule is C[C@H]1[C@H](c2ccc(CN3CCOCC3)n2C)O[C@@H]2O[C@@]3(C)CC[C@H]4[C@H](C)CC[C@@H]1[C@@]24OO3. The van der Waals surface area contributed by atoms with Gasteiger partial charge in [0, 0.05) is 50.4 Å². The number of fused-ring (bicyclic) bond motifs is 2. The first kappa shape index (κ1) is 21.6. The van der Waals surface area contributed by atoms with E-state index in [0.717, 1.165) is 52.1 Å². The van der Waals surface area contributed by atoms with Crippen molar-refractivity contribution >= 4 is 0 Å². The number of aromatic nitrogens is 1. The molecule has 1 spiro atoms. The number of hydrogen-bond donors (Lipinski definition) is 0. The van der Waals surface area contributed by atoms with E-state index in [2.05, 4.69) is 42.5 Å². The molecule has 32 heavy (non-hydrogen) atoms. The lowest BCUT2D eigenvalue weighted by atomic mass is 9.57. The molecule has 1 saturated carbocycles. The van der Waals surface area contributed by atoms with Crippen LogP contribution < -0.4 is 0 Å². The molecule has 0 N–H and O–H groups in total. The van der Waals surface area contributed by atoms with Gasteiger partial charge in [0.15, 0.2) is 11.9 Å². The molecule has 5 saturated heterocycles. The van der Waals surface area contributed by atoms with Gasteiger partial charge in [-0.2, -0.15) is 0 Å². The second kappa shape index (κ2) is 7.79. The van der Waals surface area contributed by atoms with Gasteiger partial charge in [-0.05, 0) is 56.1 Å². The van der Waals surface area contributed by atoms with Gasteiger partial charge in [0.1, 0.15) is 6.10 Å². The Morgan fingerprint density at radius 2 is 1.84 bits per heavy atom. The molecule has 7 nitrogen and oxygen atoms in total. The van der Waals surface area contributed by atoms with Crippen molar-refractivity contribution in [2.75, 3.05) is 26.3 Å². The van der Waals surface area contributed by atoms with Crippen molar-refractivity contribution in [1.82, 2.24) is 9.47 Å². The summed E-state index contributed by atoms with van der Waals surface area (Å²) in [7, 11) is 2.18. The van der Waals surface area contributed by atoms with Gasteiger partial charge in [-0.25, -0.2) is 9.78 Å². The van der Waals surface area contributed by atoms with Crippen LogP contribution in [0.3, 0.4) is 0 Å². The molecule has 7 rings (SSSR count). The first-order valence-corrected chi connectivity index (χ1v) is 12.6. The lowest BCUT2D eigenvalue weighted by Gasteiger charge is -2.60. The van der Waals surface area contributed by atoms with Crippen LogP contribution in [-0.4, -0.2) is 53.4 Å². The normalized spacial score (nSPS) is 46.6. The van der Waals surface area contributed by atoms with E-state index in [1.165, 1.54) is 17.8 Å². The molecule has 178 valence electrons. The minimum atomic E-state index is -0.724. The van der Waals surface area contributed by atoms with Crippen molar-refractivity contribution in [2.45, 2.75) is 76.8 Å². The molecule has 0 amide bonds. The third-order valence-corrected chi connectivity index (χ3v) is 9.20. The average molecular weight is 447 g/mol. The van der Waals surface area contributed by atoms with Gasteiger partial charge < -0.3 is 18.8 Å². The lowest BCUT2D eigenvalue weighted by molar-refractivity contribution is -0.571. The fourth-order valence-electron chi connectivity index (χ4n) is 7.25. The fraction of sp³-hybridized carbons (Fsp3) is 0.840. The maximum absolute atomic E-state index is 6.85. The molecule has 0 radical (unpaired) electrons. The van der Waals surface area contributed by atoms with E-state index in [-0.39, 0.29) is 12.4 Å². The standard InChI is InChI=1S/C25H38N2O5/c1-16-5-7-20-17(2)22(21-8-6-18(26(21)4)15-27-11-13-28-14-12-27)29-23-25(20)19(16)9-10-24(3,30-23)31-32-25/h6,8,16-17,19-20,22-23H,5,7,9-15H2,1-4H3/t16-,17-,19+,20+,22-,23-,24-,25-/m1/s1. The minimum absolute atomic E-state index is 0.0142. The number of nitrogens with zero attached hydrogens (tertiary/aromatic N) is 2. The molecule has 6 heterocycles. The van der Waals surface area contributed by atoms with Gasteiger partial charge in [-0.15, -0.1) is 0 Å². The maximum Gasteiger partial charge on any atom is 0.201 e. The van der Waals surface area contributed by atoms with Crippen LogP contribution in [0.4, 0.5) is 0 Å². The molecular formula is C25H38N2O5. The van der Waals surface area contributed by atoms with Crippen LogP contribution in [0, 0.1) is 23.7 Å². The largest absolute Gasteiger partial charge is 0.379 e. The molecule has 1 aliphatic carbocycles. The Labute approximate surface area is 191 Å². The molecule has 0 aromatic carbocycles. The van der Waals surface area contributed by atoms with Gasteiger partial charge in [-0.1, -0.05) is 13.8 Å². The molecule has 6 fully saturated rings. The fourth-order valence-corrected chi connectivity index (χ4v) is 7.25. The summed E-state index contributed by atoms with van der Waals surface area (Å²) < 4.78 is 21.2. The number of morpholine rings is 1. The smallest absolute Gasteiger partial charge is 0.201 e. The van der Waals surface area contributed by atoms with Crippen molar-refractivity contribution in [3.8, 4) is 0 Å². The van der Waals surface area contributed by atoms with Crippen molar-refractivity contribution in [3.05, 3.63) is 23.5 Å². The Balaban J connectivity index is 1.31. The molecule has 1 aromatic rings. The highest BCUT2D eigenvalue weighted by atomic mass is 17.3. The summed E-state index contributed by atoms with van der Waals surface area (Å²) in [5, 5.41) is 0. The summed E-state index contributed by atoms with van der Waals surface area (Å²) >= 11 is 0. The highest BCUT2D eigenvalue weighted by molar-refractivity contribution is 5.22. The second-order valence-corrected chi connectivity index (χ2v) is 11.0. The summed E-state index contributed by atoms with van der Waals surface area (Å²) in [6.45, 7) is 11.3. The van der Waals surface area contributed by atoms with Crippen molar-refractivity contribution in [1.29, 1.82) is 0 Å². The summed E-state index contributed by atoms with van der Waals surface area (Å²) in [5.74, 6) is 0.944. The Hall–Kier alpha value is -0.960. The first-order valence-electron chi connectivity index (χ1n) is 12.6. The zero-order valence-electron chi connectivity index (χ0n) is 19.9. The molecule has 7 heteroatoms. The van der Waals surface area contributed by atoms with E-state index in [1.807, 2.05) is 6.92 Å². The van der Waals surface area contributed by atoms with Gasteiger partial charge in [0.05, 0.1) is 13.2 Å².